The second-order valence-corrected chi connectivity index (χ2v) is 10.9. The predicted molar refractivity (Wildman–Crippen MR) is 110 cm³/mol. The molecule has 0 aromatic heterocycles. The molecule has 2 fully saturated rings. The molecule has 1 aliphatic heterocycles. The van der Waals surface area contributed by atoms with Crippen molar-refractivity contribution in [1.82, 2.24) is 0 Å². The highest BCUT2D eigenvalue weighted by atomic mass is 16.5. The Bertz CT molecular complexity index is 747. The molecule has 2 saturated carbocycles. The van der Waals surface area contributed by atoms with E-state index >= 15 is 0 Å². The van der Waals surface area contributed by atoms with E-state index in [4.69, 9.17) is 9.73 Å². The highest BCUT2D eigenvalue weighted by molar-refractivity contribution is 5.87. The lowest BCUT2D eigenvalue weighted by atomic mass is 9.59. The van der Waals surface area contributed by atoms with Crippen LogP contribution in [-0.2, 0) is 4.74 Å². The summed E-state index contributed by atoms with van der Waals surface area (Å²) in [7, 11) is 0. The summed E-state index contributed by atoms with van der Waals surface area (Å²) < 4.78 is 6.20. The van der Waals surface area contributed by atoms with Gasteiger partial charge in [-0.3, -0.25) is 0 Å². The average Bonchev–Trinajstić information content (AvgIpc) is 3.19. The second-order valence-electron chi connectivity index (χ2n) is 10.9. The minimum Gasteiger partial charge on any atom is -0.478 e. The van der Waals surface area contributed by atoms with Crippen molar-refractivity contribution < 1.29 is 9.84 Å². The Balaban J connectivity index is 1.82. The van der Waals surface area contributed by atoms with Crippen LogP contribution in [0.5, 0.6) is 0 Å². The summed E-state index contributed by atoms with van der Waals surface area (Å²) >= 11 is 0. The molecule has 0 unspecified atom stereocenters. The summed E-state index contributed by atoms with van der Waals surface area (Å²) in [5.74, 6) is 1.10. The topological polar surface area (TPSA) is 41.8 Å². The van der Waals surface area contributed by atoms with Crippen molar-refractivity contribution in [3.8, 4) is 0 Å². The molecule has 0 saturated heterocycles. The minimum atomic E-state index is -0.827. The molecule has 27 heavy (non-hydrogen) atoms. The molecular formula is C24H35NO2. The molecule has 0 spiro atoms. The van der Waals surface area contributed by atoms with Gasteiger partial charge in [0.2, 0.25) is 0 Å². The highest BCUT2D eigenvalue weighted by Crippen LogP contribution is 2.72. The van der Waals surface area contributed by atoms with Crippen LogP contribution in [0.15, 0.2) is 35.3 Å². The third kappa shape index (κ3) is 2.53. The summed E-state index contributed by atoms with van der Waals surface area (Å²) in [5, 5.41) is 12.3. The van der Waals surface area contributed by atoms with Crippen LogP contribution < -0.4 is 0 Å². The Morgan fingerprint density at radius 2 is 1.81 bits per heavy atom. The lowest BCUT2D eigenvalue weighted by Crippen LogP contribution is -2.53. The van der Waals surface area contributed by atoms with Crippen LogP contribution in [0.25, 0.3) is 0 Å². The van der Waals surface area contributed by atoms with Crippen molar-refractivity contribution >= 4 is 5.90 Å². The van der Waals surface area contributed by atoms with E-state index in [1.54, 1.807) is 0 Å². The third-order valence-corrected chi connectivity index (χ3v) is 8.48. The van der Waals surface area contributed by atoms with Gasteiger partial charge in [-0.1, -0.05) is 71.9 Å². The van der Waals surface area contributed by atoms with E-state index in [1.165, 1.54) is 6.42 Å². The Hall–Kier alpha value is -1.35. The van der Waals surface area contributed by atoms with Crippen molar-refractivity contribution in [1.29, 1.82) is 0 Å². The maximum Gasteiger partial charge on any atom is 0.194 e. The van der Waals surface area contributed by atoms with E-state index < -0.39 is 5.60 Å². The van der Waals surface area contributed by atoms with Crippen molar-refractivity contribution in [3.63, 3.8) is 0 Å². The molecular weight excluding hydrogens is 334 g/mol. The van der Waals surface area contributed by atoms with E-state index in [1.807, 2.05) is 6.07 Å². The lowest BCUT2D eigenvalue weighted by Gasteiger charge is -2.49. The first kappa shape index (κ1) is 19.0. The summed E-state index contributed by atoms with van der Waals surface area (Å²) in [6.07, 6.45) is 3.12. The van der Waals surface area contributed by atoms with Gasteiger partial charge in [-0.05, 0) is 41.6 Å². The van der Waals surface area contributed by atoms with E-state index in [-0.39, 0.29) is 28.2 Å². The molecule has 148 valence electrons. The van der Waals surface area contributed by atoms with Gasteiger partial charge in [-0.15, -0.1) is 0 Å². The smallest absolute Gasteiger partial charge is 0.194 e. The van der Waals surface area contributed by atoms with Gasteiger partial charge in [0, 0.05) is 5.41 Å². The standard InChI is InChI=1S/C24H35NO2/c1-21(2,3)18-15-27-20(25-18)19(16-10-8-7-9-11-16)24(26)14-17-12-13-23(24,6)22(17,4)5/h7-11,17-19,26H,12-15H2,1-6H3/t17-,18+,19+,23-,24-/m1/s1. The van der Waals surface area contributed by atoms with Crippen LogP contribution in [0.3, 0.4) is 0 Å². The van der Waals surface area contributed by atoms with Crippen LogP contribution in [-0.4, -0.2) is 29.3 Å². The number of aliphatic hydroxyl groups is 1. The molecule has 3 nitrogen and oxygen atoms in total. The van der Waals surface area contributed by atoms with Gasteiger partial charge >= 0.3 is 0 Å². The van der Waals surface area contributed by atoms with Crippen LogP contribution in [0, 0.1) is 22.2 Å². The zero-order valence-electron chi connectivity index (χ0n) is 17.7. The molecule has 0 amide bonds. The summed E-state index contributed by atoms with van der Waals surface area (Å²) in [6.45, 7) is 14.2. The number of hydrogen-bond acceptors (Lipinski definition) is 3. The second kappa shape index (κ2) is 5.83. The summed E-state index contributed by atoms with van der Waals surface area (Å²) in [4.78, 5) is 5.02. The molecule has 0 radical (unpaired) electrons. The fraction of sp³-hybridized carbons (Fsp3) is 0.708. The third-order valence-electron chi connectivity index (χ3n) is 8.48. The van der Waals surface area contributed by atoms with Crippen molar-refractivity contribution in [3.05, 3.63) is 35.9 Å². The van der Waals surface area contributed by atoms with Gasteiger partial charge in [-0.25, -0.2) is 4.99 Å². The van der Waals surface area contributed by atoms with Crippen LogP contribution in [0.2, 0.25) is 0 Å². The number of benzene rings is 1. The van der Waals surface area contributed by atoms with E-state index in [9.17, 15) is 5.11 Å². The Labute approximate surface area is 164 Å². The fourth-order valence-electron chi connectivity index (χ4n) is 6.03. The molecule has 1 N–H and O–H groups in total. The number of aliphatic imine (C=N–C) groups is 1. The first-order valence-electron chi connectivity index (χ1n) is 10.5. The summed E-state index contributed by atoms with van der Waals surface area (Å²) in [5.41, 5.74) is 0.335. The van der Waals surface area contributed by atoms with Gasteiger partial charge < -0.3 is 9.84 Å². The van der Waals surface area contributed by atoms with Crippen LogP contribution in [0.4, 0.5) is 0 Å². The van der Waals surface area contributed by atoms with Crippen molar-refractivity contribution in [2.24, 2.45) is 27.2 Å². The Kier molecular flexibility index (Phi) is 4.10. The quantitative estimate of drug-likeness (QED) is 0.796. The molecule has 5 atom stereocenters. The minimum absolute atomic E-state index is 0.0590. The molecule has 2 bridgehead atoms. The summed E-state index contributed by atoms with van der Waals surface area (Å²) in [6, 6.07) is 10.5. The fourth-order valence-corrected chi connectivity index (χ4v) is 6.03. The SMILES string of the molecule is CC(C)(C)[C@@H]1COC([C@H](c2ccccc2)[C@]2(O)C[C@H]3CC[C@]2(C)C3(C)C)=N1. The zero-order chi connectivity index (χ0) is 19.7. The molecule has 4 rings (SSSR count). The van der Waals surface area contributed by atoms with E-state index in [2.05, 4.69) is 65.8 Å². The van der Waals surface area contributed by atoms with Crippen molar-refractivity contribution in [2.45, 2.75) is 78.4 Å². The van der Waals surface area contributed by atoms with Gasteiger partial charge in [0.15, 0.2) is 5.90 Å². The first-order chi connectivity index (χ1) is 12.5. The normalized spacial score (nSPS) is 38.6. The van der Waals surface area contributed by atoms with Crippen LogP contribution in [0.1, 0.15) is 72.3 Å². The number of nitrogens with zero attached hydrogens (tertiary/aromatic N) is 1. The number of fused-ring (bicyclic) bond motifs is 2. The maximum absolute atomic E-state index is 12.3. The molecule has 3 aliphatic rings. The zero-order valence-corrected chi connectivity index (χ0v) is 17.7. The van der Waals surface area contributed by atoms with Gasteiger partial charge in [0.25, 0.3) is 0 Å². The van der Waals surface area contributed by atoms with Crippen LogP contribution >= 0.6 is 0 Å². The average molecular weight is 370 g/mol. The maximum atomic E-state index is 12.3. The van der Waals surface area contributed by atoms with E-state index in [0.29, 0.717) is 12.5 Å². The lowest BCUT2D eigenvalue weighted by molar-refractivity contribution is -0.0979. The Morgan fingerprint density at radius 1 is 1.15 bits per heavy atom. The number of hydrogen-bond donors (Lipinski definition) is 1. The molecule has 1 aromatic rings. The largest absolute Gasteiger partial charge is 0.478 e. The molecule has 2 aliphatic carbocycles. The van der Waals surface area contributed by atoms with Gasteiger partial charge in [-0.2, -0.15) is 0 Å². The van der Waals surface area contributed by atoms with Crippen molar-refractivity contribution in [2.75, 3.05) is 6.61 Å². The monoisotopic (exact) mass is 369 g/mol. The molecule has 3 heteroatoms. The van der Waals surface area contributed by atoms with E-state index in [0.717, 1.165) is 24.3 Å². The number of rotatable bonds is 3. The molecule has 1 heterocycles. The number of ether oxygens (including phenoxy) is 1. The Morgan fingerprint density at radius 3 is 2.30 bits per heavy atom. The molecule has 1 aromatic carbocycles. The highest BCUT2D eigenvalue weighted by Gasteiger charge is 2.71. The first-order valence-corrected chi connectivity index (χ1v) is 10.5. The predicted octanol–water partition coefficient (Wildman–Crippen LogP) is 5.19. The van der Waals surface area contributed by atoms with Gasteiger partial charge in [0.05, 0.1) is 17.6 Å². The van der Waals surface area contributed by atoms with Gasteiger partial charge in [0.1, 0.15) is 6.61 Å².